The molecule has 314 valence electrons. The predicted molar refractivity (Wildman–Crippen MR) is 216 cm³/mol. The Kier molecular flexibility index (Phi) is 10.4. The molecule has 5 N–H and O–H groups in total. The number of carboxylic acid groups (broad SMARTS) is 1. The van der Waals surface area contributed by atoms with Crippen LogP contribution < -0.4 is 16.4 Å². The van der Waals surface area contributed by atoms with Crippen LogP contribution in [0.4, 0.5) is 0 Å². The number of ether oxygens (including phenoxy) is 1. The Labute approximate surface area is 336 Å². The quantitative estimate of drug-likeness (QED) is 0.176. The highest BCUT2D eigenvalue weighted by molar-refractivity contribution is 6.03. The molecule has 6 aliphatic carbocycles. The third-order valence-corrected chi connectivity index (χ3v) is 17.9. The van der Waals surface area contributed by atoms with E-state index in [1.54, 1.807) is 13.8 Å². The number of nitrogens with two attached hydrogens (primary N) is 1. The first kappa shape index (κ1) is 42.8. The summed E-state index contributed by atoms with van der Waals surface area (Å²) >= 11 is 0. The van der Waals surface area contributed by atoms with Gasteiger partial charge in [0.1, 0.15) is 11.6 Å². The Morgan fingerprint density at radius 2 is 1.46 bits per heavy atom. The molecule has 10 heteroatoms. The Balaban J connectivity index is 1.26. The van der Waals surface area contributed by atoms with E-state index in [4.69, 9.17) is 10.5 Å². The molecule has 0 heterocycles. The molecule has 0 radical (unpaired) electrons. The van der Waals surface area contributed by atoms with Crippen molar-refractivity contribution < 1.29 is 33.8 Å². The summed E-state index contributed by atoms with van der Waals surface area (Å²) in [5.74, 6) is -1.68. The number of esters is 1. The summed E-state index contributed by atoms with van der Waals surface area (Å²) in [6, 6.07) is -0.733. The SMILES string of the molecule is CC(C)C1=C2[C@H]3CC[C@@H]4[C@@]5(C)CC[C@H](OC(=O)[C@H]6C[C@@H](C(=O)O)C6(C)C)C(C)(C)[C@@H]5CC[C@@]4(C)[C@]3(C)CC[C@@]2(NC(=O)C(C)(C)NC(=O)C(N)C(C)C)CC1=O. The lowest BCUT2D eigenvalue weighted by molar-refractivity contribution is -0.235. The summed E-state index contributed by atoms with van der Waals surface area (Å²) in [6.07, 6.45) is 7.71. The number of fused-ring (bicyclic) bond motifs is 7. The molecule has 0 aromatic carbocycles. The van der Waals surface area contributed by atoms with Crippen LogP contribution in [0.25, 0.3) is 0 Å². The van der Waals surface area contributed by atoms with Crippen molar-refractivity contribution in [1.82, 2.24) is 10.6 Å². The van der Waals surface area contributed by atoms with Gasteiger partial charge >= 0.3 is 11.9 Å². The Hall–Kier alpha value is -2.75. The lowest BCUT2D eigenvalue weighted by atomic mass is 9.33. The van der Waals surface area contributed by atoms with E-state index < -0.39 is 40.3 Å². The zero-order valence-corrected chi connectivity index (χ0v) is 36.7. The number of allylic oxidation sites excluding steroid dienone is 1. The molecular weight excluding hydrogens is 707 g/mol. The number of hydrogen-bond acceptors (Lipinski definition) is 7. The molecule has 2 amide bonds. The first-order chi connectivity index (χ1) is 25.6. The fraction of sp³-hybridized carbons (Fsp3) is 0.848. The van der Waals surface area contributed by atoms with Crippen LogP contribution in [0.2, 0.25) is 0 Å². The van der Waals surface area contributed by atoms with Gasteiger partial charge in [0.05, 0.1) is 23.4 Å². The summed E-state index contributed by atoms with van der Waals surface area (Å²) in [4.78, 5) is 66.8. The van der Waals surface area contributed by atoms with Crippen molar-refractivity contribution in [3.8, 4) is 0 Å². The first-order valence-corrected chi connectivity index (χ1v) is 21.7. The summed E-state index contributed by atoms with van der Waals surface area (Å²) in [7, 11) is 0. The lowest BCUT2D eigenvalue weighted by Gasteiger charge is -2.72. The van der Waals surface area contributed by atoms with Crippen LogP contribution in [-0.4, -0.2) is 57.9 Å². The van der Waals surface area contributed by atoms with Gasteiger partial charge in [-0.3, -0.25) is 24.0 Å². The van der Waals surface area contributed by atoms with Crippen LogP contribution in [0.3, 0.4) is 0 Å². The molecule has 0 aliphatic heterocycles. The predicted octanol–water partition coefficient (Wildman–Crippen LogP) is 7.37. The van der Waals surface area contributed by atoms with Gasteiger partial charge in [0.25, 0.3) is 0 Å². The van der Waals surface area contributed by atoms with Crippen molar-refractivity contribution in [3.63, 3.8) is 0 Å². The Morgan fingerprint density at radius 1 is 0.821 bits per heavy atom. The maximum atomic E-state index is 14.2. The number of ketones is 1. The topological polar surface area (TPSA) is 165 Å². The molecular formula is C46H73N3O7. The fourth-order valence-corrected chi connectivity index (χ4v) is 14.0. The van der Waals surface area contributed by atoms with Crippen molar-refractivity contribution >= 4 is 29.5 Å². The van der Waals surface area contributed by atoms with Crippen molar-refractivity contribution in [2.75, 3.05) is 0 Å². The number of rotatable bonds is 9. The second-order valence-corrected chi connectivity index (χ2v) is 22.4. The van der Waals surface area contributed by atoms with Gasteiger partial charge in [0, 0.05) is 11.8 Å². The summed E-state index contributed by atoms with van der Waals surface area (Å²) in [6.45, 7) is 27.2. The van der Waals surface area contributed by atoms with Crippen LogP contribution >= 0.6 is 0 Å². The molecule has 5 fully saturated rings. The molecule has 0 spiro atoms. The molecule has 56 heavy (non-hydrogen) atoms. The molecule has 10 nitrogen and oxygen atoms in total. The van der Waals surface area contributed by atoms with Gasteiger partial charge in [-0.25, -0.2) is 0 Å². The van der Waals surface area contributed by atoms with Crippen molar-refractivity contribution in [2.24, 2.45) is 74.2 Å². The van der Waals surface area contributed by atoms with Crippen LogP contribution in [0.5, 0.6) is 0 Å². The lowest BCUT2D eigenvalue weighted by Crippen LogP contribution is -2.68. The molecule has 6 aliphatic rings. The summed E-state index contributed by atoms with van der Waals surface area (Å²) in [5.41, 5.74) is 5.22. The third kappa shape index (κ3) is 6.13. The van der Waals surface area contributed by atoms with Gasteiger partial charge in [-0.1, -0.05) is 76.2 Å². The average Bonchev–Trinajstić information content (AvgIpc) is 3.36. The number of carbonyl (C=O) groups excluding carboxylic acids is 4. The normalized spacial score (nSPS) is 40.4. The van der Waals surface area contributed by atoms with E-state index in [0.29, 0.717) is 24.7 Å². The molecule has 0 bridgehead atoms. The van der Waals surface area contributed by atoms with Gasteiger partial charge in [-0.2, -0.15) is 0 Å². The molecule has 0 saturated heterocycles. The van der Waals surface area contributed by atoms with Crippen LogP contribution in [0.1, 0.15) is 154 Å². The second kappa shape index (κ2) is 13.7. The number of carboxylic acids is 1. The highest BCUT2D eigenvalue weighted by Gasteiger charge is 2.71. The summed E-state index contributed by atoms with van der Waals surface area (Å²) in [5, 5.41) is 16.0. The minimum absolute atomic E-state index is 0.0142. The maximum Gasteiger partial charge on any atom is 0.309 e. The van der Waals surface area contributed by atoms with Crippen molar-refractivity contribution in [1.29, 1.82) is 0 Å². The molecule has 6 rings (SSSR count). The Morgan fingerprint density at radius 3 is 2.04 bits per heavy atom. The zero-order chi connectivity index (χ0) is 41.9. The van der Waals surface area contributed by atoms with E-state index in [2.05, 4.69) is 59.1 Å². The second-order valence-electron chi connectivity index (χ2n) is 22.4. The van der Waals surface area contributed by atoms with Gasteiger partial charge in [0.2, 0.25) is 11.8 Å². The smallest absolute Gasteiger partial charge is 0.309 e. The van der Waals surface area contributed by atoms with Crippen molar-refractivity contribution in [2.45, 2.75) is 177 Å². The highest BCUT2D eigenvalue weighted by atomic mass is 16.5. The number of hydrogen-bond donors (Lipinski definition) is 4. The molecule has 5 saturated carbocycles. The van der Waals surface area contributed by atoms with Crippen LogP contribution in [0.15, 0.2) is 11.1 Å². The zero-order valence-electron chi connectivity index (χ0n) is 36.7. The van der Waals surface area contributed by atoms with Gasteiger partial charge < -0.3 is 26.2 Å². The monoisotopic (exact) mass is 780 g/mol. The molecule has 1 unspecified atom stereocenters. The minimum atomic E-state index is -1.22. The number of Topliss-reactive ketones (excluding diaryl/α,β-unsaturated/α-hetero) is 1. The number of aliphatic carboxylic acids is 1. The van der Waals surface area contributed by atoms with E-state index in [0.717, 1.165) is 56.1 Å². The van der Waals surface area contributed by atoms with Crippen LogP contribution in [0, 0.1) is 68.5 Å². The van der Waals surface area contributed by atoms with E-state index in [1.165, 1.54) is 0 Å². The van der Waals surface area contributed by atoms with Crippen molar-refractivity contribution in [3.05, 3.63) is 11.1 Å². The Bertz CT molecular complexity index is 1710. The number of carbonyl (C=O) groups is 5. The van der Waals surface area contributed by atoms with E-state index in [-0.39, 0.29) is 75.5 Å². The van der Waals surface area contributed by atoms with E-state index >= 15 is 0 Å². The maximum absolute atomic E-state index is 14.2. The molecule has 0 aromatic rings. The first-order valence-electron chi connectivity index (χ1n) is 21.7. The number of amides is 2. The number of nitrogens with one attached hydrogen (secondary N) is 2. The largest absolute Gasteiger partial charge is 0.481 e. The van der Waals surface area contributed by atoms with Crippen LogP contribution in [-0.2, 0) is 28.7 Å². The third-order valence-electron chi connectivity index (χ3n) is 17.9. The minimum Gasteiger partial charge on any atom is -0.481 e. The molecule has 11 atom stereocenters. The summed E-state index contributed by atoms with van der Waals surface area (Å²) < 4.78 is 6.40. The fourth-order valence-electron chi connectivity index (χ4n) is 14.0. The van der Waals surface area contributed by atoms with E-state index in [1.807, 2.05) is 27.7 Å². The van der Waals surface area contributed by atoms with Gasteiger partial charge in [0.15, 0.2) is 5.78 Å². The van der Waals surface area contributed by atoms with E-state index in [9.17, 15) is 29.1 Å². The average molecular weight is 780 g/mol. The molecule has 0 aromatic heterocycles. The van der Waals surface area contributed by atoms with Gasteiger partial charge in [-0.05, 0) is 134 Å². The van der Waals surface area contributed by atoms with Gasteiger partial charge in [-0.15, -0.1) is 0 Å². The standard InChI is InChI=1S/C46H73N3O7/c1-24(2)33-29(50)23-46(49-39(55)42(9,10)48-36(51)35(47)25(3)4)21-20-44(12)26(34(33)46)14-15-31-43(11)18-17-32(41(7,8)30(43)16-19-45(31,44)13)56-38(54)28-22-27(37(52)53)40(28,5)6/h24-28,30-32,35H,14-23,47H2,1-13H3,(H,48,51)(H,49,55)(H,52,53)/t26-,27+,28-,30+,31-,32+,35?,43+,44-,45-,46-/m1/s1. The highest BCUT2D eigenvalue weighted by Crippen LogP contribution is 2.76.